The van der Waals surface area contributed by atoms with Gasteiger partial charge in [-0.05, 0) is 18.2 Å². The monoisotopic (exact) mass is 295 g/mol. The summed E-state index contributed by atoms with van der Waals surface area (Å²) in [5.74, 6) is 1.57. The largest absolute Gasteiger partial charge is 0.496 e. The quantitative estimate of drug-likeness (QED) is 0.291. The van der Waals surface area contributed by atoms with Gasteiger partial charge in [-0.1, -0.05) is 16.9 Å². The fourth-order valence-corrected chi connectivity index (χ4v) is 3.14. The Balaban J connectivity index is 2.21. The third-order valence-electron chi connectivity index (χ3n) is 2.44. The molecule has 5 nitrogen and oxygen atoms in total. The number of methoxy groups -OCH3 is 1. The number of oxime groups is 1. The molecular weight excluding hydrogens is 282 g/mol. The minimum atomic E-state index is 0.0863. The first kappa shape index (κ1) is 13.7. The van der Waals surface area contributed by atoms with Crippen LogP contribution in [0, 0.1) is 0 Å². The van der Waals surface area contributed by atoms with Crippen LogP contribution >= 0.6 is 23.1 Å². The lowest BCUT2D eigenvalue weighted by molar-refractivity contribution is 0.318. The molecule has 2 aromatic rings. The highest BCUT2D eigenvalue weighted by Crippen LogP contribution is 2.29. The Labute approximate surface area is 119 Å². The highest BCUT2D eigenvalue weighted by Gasteiger charge is 2.08. The molecule has 0 saturated heterocycles. The Kier molecular flexibility index (Phi) is 4.64. The molecule has 3 N–H and O–H groups in total. The van der Waals surface area contributed by atoms with Gasteiger partial charge < -0.3 is 15.7 Å². The van der Waals surface area contributed by atoms with Crippen molar-refractivity contribution in [2.45, 2.75) is 10.1 Å². The van der Waals surface area contributed by atoms with Gasteiger partial charge in [0.2, 0.25) is 0 Å². The van der Waals surface area contributed by atoms with Gasteiger partial charge >= 0.3 is 0 Å². The zero-order valence-corrected chi connectivity index (χ0v) is 11.9. The first-order valence-corrected chi connectivity index (χ1v) is 7.28. The van der Waals surface area contributed by atoms with E-state index >= 15 is 0 Å². The molecule has 0 atom stereocenters. The SMILES string of the molecule is COc1ccc(/C(N)=N/O)cc1CSc1nccs1. The summed E-state index contributed by atoms with van der Waals surface area (Å²) in [4.78, 5) is 4.21. The molecule has 0 aliphatic heterocycles. The van der Waals surface area contributed by atoms with Crippen molar-refractivity contribution in [2.75, 3.05) is 7.11 Å². The van der Waals surface area contributed by atoms with Crippen LogP contribution in [-0.4, -0.2) is 23.1 Å². The zero-order chi connectivity index (χ0) is 13.7. The van der Waals surface area contributed by atoms with Crippen molar-refractivity contribution < 1.29 is 9.94 Å². The minimum absolute atomic E-state index is 0.0863. The number of thiazole rings is 1. The maximum absolute atomic E-state index is 8.70. The number of hydrogen-bond donors (Lipinski definition) is 2. The molecule has 1 aromatic heterocycles. The van der Waals surface area contributed by atoms with Crippen molar-refractivity contribution >= 4 is 28.9 Å². The Morgan fingerprint density at radius 2 is 2.42 bits per heavy atom. The number of benzene rings is 1. The van der Waals surface area contributed by atoms with Crippen molar-refractivity contribution in [1.29, 1.82) is 0 Å². The van der Waals surface area contributed by atoms with Crippen LogP contribution in [-0.2, 0) is 5.75 Å². The van der Waals surface area contributed by atoms with Gasteiger partial charge in [-0.3, -0.25) is 0 Å². The smallest absolute Gasteiger partial charge is 0.170 e. The highest BCUT2D eigenvalue weighted by atomic mass is 32.2. The number of aromatic nitrogens is 1. The third-order valence-corrected chi connectivity index (χ3v) is 4.46. The second kappa shape index (κ2) is 6.44. The topological polar surface area (TPSA) is 80.7 Å². The predicted molar refractivity (Wildman–Crippen MR) is 77.2 cm³/mol. The molecule has 0 spiro atoms. The van der Waals surface area contributed by atoms with E-state index < -0.39 is 0 Å². The lowest BCUT2D eigenvalue weighted by Gasteiger charge is -2.09. The second-order valence-corrected chi connectivity index (χ2v) is 5.72. The van der Waals surface area contributed by atoms with Gasteiger partial charge in [0.1, 0.15) is 10.1 Å². The fourth-order valence-electron chi connectivity index (χ4n) is 1.53. The summed E-state index contributed by atoms with van der Waals surface area (Å²) in [6.07, 6.45) is 1.77. The molecule has 7 heteroatoms. The van der Waals surface area contributed by atoms with Gasteiger partial charge in [-0.2, -0.15) is 0 Å². The summed E-state index contributed by atoms with van der Waals surface area (Å²) in [6.45, 7) is 0. The number of rotatable bonds is 5. The molecule has 100 valence electrons. The summed E-state index contributed by atoms with van der Waals surface area (Å²) in [7, 11) is 1.62. The van der Waals surface area contributed by atoms with E-state index in [0.29, 0.717) is 11.3 Å². The Morgan fingerprint density at radius 3 is 3.05 bits per heavy atom. The molecule has 1 aromatic carbocycles. The van der Waals surface area contributed by atoms with Crippen molar-refractivity contribution in [3.8, 4) is 5.75 Å². The number of nitrogens with two attached hydrogens (primary N) is 1. The van der Waals surface area contributed by atoms with Gasteiger partial charge in [0.05, 0.1) is 7.11 Å². The third kappa shape index (κ3) is 3.39. The van der Waals surface area contributed by atoms with E-state index in [4.69, 9.17) is 15.7 Å². The summed E-state index contributed by atoms with van der Waals surface area (Å²) in [5.41, 5.74) is 7.23. The van der Waals surface area contributed by atoms with Crippen LogP contribution in [0.4, 0.5) is 0 Å². The number of ether oxygens (including phenoxy) is 1. The minimum Gasteiger partial charge on any atom is -0.496 e. The standard InChI is InChI=1S/C12H13N3O2S2/c1-17-10-3-2-8(11(13)15-16)6-9(10)7-19-12-14-4-5-18-12/h2-6,16H,7H2,1H3,(H2,13,15). The summed E-state index contributed by atoms with van der Waals surface area (Å²) < 4.78 is 6.31. The van der Waals surface area contributed by atoms with Crippen LogP contribution in [0.5, 0.6) is 5.75 Å². The Hall–Kier alpha value is -1.73. The van der Waals surface area contributed by atoms with Crippen molar-refractivity contribution in [3.63, 3.8) is 0 Å². The molecule has 1 heterocycles. The number of nitrogens with zero attached hydrogens (tertiary/aromatic N) is 2. The fraction of sp³-hybridized carbons (Fsp3) is 0.167. The molecule has 0 radical (unpaired) electrons. The molecular formula is C12H13N3O2S2. The van der Waals surface area contributed by atoms with Gasteiger partial charge in [-0.25, -0.2) is 4.98 Å². The van der Waals surface area contributed by atoms with Crippen molar-refractivity contribution in [2.24, 2.45) is 10.9 Å². The lowest BCUT2D eigenvalue weighted by Crippen LogP contribution is -2.13. The van der Waals surface area contributed by atoms with Gasteiger partial charge in [0.15, 0.2) is 5.84 Å². The van der Waals surface area contributed by atoms with Crippen LogP contribution in [0.25, 0.3) is 0 Å². The van der Waals surface area contributed by atoms with E-state index in [1.807, 2.05) is 17.5 Å². The lowest BCUT2D eigenvalue weighted by atomic mass is 10.1. The van der Waals surface area contributed by atoms with Crippen molar-refractivity contribution in [3.05, 3.63) is 40.9 Å². The van der Waals surface area contributed by atoms with Gasteiger partial charge in [-0.15, -0.1) is 11.3 Å². The number of amidine groups is 1. The number of thioether (sulfide) groups is 1. The van der Waals surface area contributed by atoms with Gasteiger partial charge in [0, 0.05) is 28.5 Å². The van der Waals surface area contributed by atoms with Crippen LogP contribution in [0.3, 0.4) is 0 Å². The molecule has 0 unspecified atom stereocenters. The molecule has 0 bridgehead atoms. The van der Waals surface area contributed by atoms with Crippen LogP contribution in [0.15, 0.2) is 39.3 Å². The van der Waals surface area contributed by atoms with E-state index in [2.05, 4.69) is 10.1 Å². The van der Waals surface area contributed by atoms with Crippen LogP contribution in [0.2, 0.25) is 0 Å². The van der Waals surface area contributed by atoms with Crippen LogP contribution in [0.1, 0.15) is 11.1 Å². The molecule has 0 amide bonds. The molecule has 0 saturated carbocycles. The van der Waals surface area contributed by atoms with E-state index in [9.17, 15) is 0 Å². The maximum Gasteiger partial charge on any atom is 0.170 e. The molecule has 0 aliphatic rings. The average molecular weight is 295 g/mol. The maximum atomic E-state index is 8.70. The zero-order valence-electron chi connectivity index (χ0n) is 10.2. The molecule has 0 fully saturated rings. The number of hydrogen-bond acceptors (Lipinski definition) is 6. The summed E-state index contributed by atoms with van der Waals surface area (Å²) in [5, 5.41) is 13.6. The van der Waals surface area contributed by atoms with E-state index in [1.165, 1.54) is 0 Å². The predicted octanol–water partition coefficient (Wildman–Crippen LogP) is 2.54. The van der Waals surface area contributed by atoms with E-state index in [-0.39, 0.29) is 5.84 Å². The molecule has 19 heavy (non-hydrogen) atoms. The first-order chi connectivity index (χ1) is 9.24. The van der Waals surface area contributed by atoms with E-state index in [1.54, 1.807) is 42.5 Å². The van der Waals surface area contributed by atoms with Crippen molar-refractivity contribution in [1.82, 2.24) is 4.98 Å². The summed E-state index contributed by atoms with van der Waals surface area (Å²) >= 11 is 3.22. The Bertz CT molecular complexity index is 570. The Morgan fingerprint density at radius 1 is 1.58 bits per heavy atom. The summed E-state index contributed by atoms with van der Waals surface area (Å²) in [6, 6.07) is 5.42. The average Bonchev–Trinajstić information content (AvgIpc) is 2.97. The van der Waals surface area contributed by atoms with Gasteiger partial charge in [0.25, 0.3) is 0 Å². The van der Waals surface area contributed by atoms with E-state index in [0.717, 1.165) is 15.7 Å². The molecule has 2 rings (SSSR count). The second-order valence-electron chi connectivity index (χ2n) is 3.60. The molecule has 0 aliphatic carbocycles. The normalized spacial score (nSPS) is 11.5. The highest BCUT2D eigenvalue weighted by molar-refractivity contribution is 8.00. The first-order valence-electron chi connectivity index (χ1n) is 5.41. The van der Waals surface area contributed by atoms with Crippen LogP contribution < -0.4 is 10.5 Å².